The van der Waals surface area contributed by atoms with Gasteiger partial charge in [-0.15, -0.1) is 0 Å². The molecule has 0 saturated carbocycles. The lowest BCUT2D eigenvalue weighted by molar-refractivity contribution is -0.136. The van der Waals surface area contributed by atoms with Crippen molar-refractivity contribution in [2.24, 2.45) is 5.41 Å². The van der Waals surface area contributed by atoms with Gasteiger partial charge in [0.25, 0.3) is 5.91 Å². The van der Waals surface area contributed by atoms with Crippen molar-refractivity contribution < 1.29 is 23.2 Å². The third kappa shape index (κ3) is 5.29. The first kappa shape index (κ1) is 22.3. The number of piperidine rings is 2. The fourth-order valence-electron chi connectivity index (χ4n) is 4.67. The molecule has 2 amide bonds. The molecule has 2 aliphatic heterocycles. The van der Waals surface area contributed by atoms with Crippen molar-refractivity contribution in [2.45, 2.75) is 45.4 Å². The molecule has 1 aromatic heterocycles. The van der Waals surface area contributed by atoms with Gasteiger partial charge >= 0.3 is 0 Å². The van der Waals surface area contributed by atoms with E-state index in [4.69, 9.17) is 9.26 Å². The van der Waals surface area contributed by atoms with Gasteiger partial charge < -0.3 is 19.1 Å². The van der Waals surface area contributed by atoms with Crippen LogP contribution in [0.3, 0.4) is 0 Å². The predicted octanol–water partition coefficient (Wildman–Crippen LogP) is 3.83. The average Bonchev–Trinajstić information content (AvgIpc) is 3.25. The molecule has 0 spiro atoms. The predicted molar refractivity (Wildman–Crippen MR) is 116 cm³/mol. The SMILES string of the molecule is Cc1cc(C(=O)N2CCCC(COc3ccc(F)cc3)(CC(=O)N3CCCCC3)C2)no1. The highest BCUT2D eigenvalue weighted by atomic mass is 19.1. The zero-order valence-corrected chi connectivity index (χ0v) is 18.5. The number of carbonyl (C=O) groups is 2. The largest absolute Gasteiger partial charge is 0.493 e. The summed E-state index contributed by atoms with van der Waals surface area (Å²) < 4.78 is 24.4. The molecule has 32 heavy (non-hydrogen) atoms. The van der Waals surface area contributed by atoms with Gasteiger partial charge in [0.15, 0.2) is 5.69 Å². The summed E-state index contributed by atoms with van der Waals surface area (Å²) in [6.07, 6.45) is 5.07. The Morgan fingerprint density at radius 3 is 2.50 bits per heavy atom. The average molecular weight is 444 g/mol. The van der Waals surface area contributed by atoms with E-state index < -0.39 is 5.41 Å². The minimum atomic E-state index is -0.518. The summed E-state index contributed by atoms with van der Waals surface area (Å²) in [5.41, 5.74) is -0.240. The highest BCUT2D eigenvalue weighted by molar-refractivity contribution is 5.92. The van der Waals surface area contributed by atoms with E-state index in [0.717, 1.165) is 45.2 Å². The molecule has 0 radical (unpaired) electrons. The normalized spacial score (nSPS) is 21.4. The Labute approximate surface area is 187 Å². The molecule has 8 heteroatoms. The van der Waals surface area contributed by atoms with E-state index in [1.54, 1.807) is 30.0 Å². The van der Waals surface area contributed by atoms with Crippen LogP contribution in [0.4, 0.5) is 4.39 Å². The molecule has 3 heterocycles. The van der Waals surface area contributed by atoms with Gasteiger partial charge in [0.05, 0.1) is 6.61 Å². The number of halogens is 1. The molecule has 2 aromatic rings. The summed E-state index contributed by atoms with van der Waals surface area (Å²) in [6, 6.07) is 7.50. The molecular weight excluding hydrogens is 413 g/mol. The number of nitrogens with zero attached hydrogens (tertiary/aromatic N) is 3. The van der Waals surface area contributed by atoms with E-state index in [1.807, 2.05) is 4.90 Å². The summed E-state index contributed by atoms with van der Waals surface area (Å²) in [5, 5.41) is 3.87. The molecule has 7 nitrogen and oxygen atoms in total. The van der Waals surface area contributed by atoms with Crippen molar-refractivity contribution in [3.8, 4) is 5.75 Å². The van der Waals surface area contributed by atoms with E-state index in [2.05, 4.69) is 5.16 Å². The van der Waals surface area contributed by atoms with E-state index >= 15 is 0 Å². The molecule has 0 bridgehead atoms. The molecule has 0 N–H and O–H groups in total. The zero-order chi connectivity index (χ0) is 22.6. The molecule has 2 aliphatic rings. The second-order valence-electron chi connectivity index (χ2n) is 9.01. The van der Waals surface area contributed by atoms with Gasteiger partial charge in [0.1, 0.15) is 17.3 Å². The van der Waals surface area contributed by atoms with Crippen molar-refractivity contribution in [3.63, 3.8) is 0 Å². The van der Waals surface area contributed by atoms with Crippen LogP contribution in [0.2, 0.25) is 0 Å². The number of likely N-dealkylation sites (tertiary alicyclic amines) is 2. The molecular formula is C24H30FN3O4. The minimum Gasteiger partial charge on any atom is -0.493 e. The Balaban J connectivity index is 1.51. The van der Waals surface area contributed by atoms with Crippen LogP contribution in [0, 0.1) is 18.2 Å². The second-order valence-corrected chi connectivity index (χ2v) is 9.01. The van der Waals surface area contributed by atoms with Gasteiger partial charge in [-0.25, -0.2) is 4.39 Å². The number of ether oxygens (including phenoxy) is 1. The fraction of sp³-hybridized carbons (Fsp3) is 0.542. The number of rotatable bonds is 6. The third-order valence-corrected chi connectivity index (χ3v) is 6.39. The van der Waals surface area contributed by atoms with Crippen LogP contribution in [-0.4, -0.2) is 59.6 Å². The molecule has 0 aliphatic carbocycles. The highest BCUT2D eigenvalue weighted by Gasteiger charge is 2.41. The van der Waals surface area contributed by atoms with E-state index in [1.165, 1.54) is 12.1 Å². The van der Waals surface area contributed by atoms with Crippen molar-refractivity contribution in [1.29, 1.82) is 0 Å². The van der Waals surface area contributed by atoms with Gasteiger partial charge in [-0.05, 0) is 63.3 Å². The maximum atomic E-state index is 13.3. The number of carbonyl (C=O) groups excluding carboxylic acids is 2. The Morgan fingerprint density at radius 2 is 1.81 bits per heavy atom. The number of hydrogen-bond donors (Lipinski definition) is 0. The Kier molecular flexibility index (Phi) is 6.77. The van der Waals surface area contributed by atoms with Crippen LogP contribution in [0.25, 0.3) is 0 Å². The molecule has 1 aromatic carbocycles. The summed E-state index contributed by atoms with van der Waals surface area (Å²) in [7, 11) is 0. The molecule has 172 valence electrons. The quantitative estimate of drug-likeness (QED) is 0.678. The standard InChI is InChI=1S/C24H30FN3O4/c1-18-14-21(26-32-18)23(30)28-13-5-10-24(16-28,15-22(29)27-11-3-2-4-12-27)17-31-20-8-6-19(25)7-9-20/h6-9,14H,2-5,10-13,15-17H2,1H3. The van der Waals surface area contributed by atoms with Gasteiger partial charge in [0.2, 0.25) is 5.91 Å². The molecule has 1 unspecified atom stereocenters. The van der Waals surface area contributed by atoms with Crippen molar-refractivity contribution in [1.82, 2.24) is 15.0 Å². The fourth-order valence-corrected chi connectivity index (χ4v) is 4.67. The lowest BCUT2D eigenvalue weighted by atomic mass is 9.77. The smallest absolute Gasteiger partial charge is 0.276 e. The summed E-state index contributed by atoms with van der Waals surface area (Å²) >= 11 is 0. The maximum absolute atomic E-state index is 13.3. The van der Waals surface area contributed by atoms with Crippen LogP contribution in [0.1, 0.15) is 54.8 Å². The Hall–Kier alpha value is -2.90. The number of benzene rings is 1. The maximum Gasteiger partial charge on any atom is 0.276 e. The Bertz CT molecular complexity index is 939. The molecule has 2 fully saturated rings. The van der Waals surface area contributed by atoms with E-state index in [-0.39, 0.29) is 29.9 Å². The number of aryl methyl sites for hydroxylation is 1. The Morgan fingerprint density at radius 1 is 1.09 bits per heavy atom. The minimum absolute atomic E-state index is 0.110. The van der Waals surface area contributed by atoms with E-state index in [0.29, 0.717) is 31.0 Å². The van der Waals surface area contributed by atoms with E-state index in [9.17, 15) is 14.0 Å². The first-order chi connectivity index (χ1) is 15.4. The summed E-state index contributed by atoms with van der Waals surface area (Å²) in [5.74, 6) is 0.713. The first-order valence-electron chi connectivity index (χ1n) is 11.3. The van der Waals surface area contributed by atoms with Gasteiger partial charge in [-0.2, -0.15) is 0 Å². The summed E-state index contributed by atoms with van der Waals surface area (Å²) in [6.45, 7) is 4.60. The van der Waals surface area contributed by atoms with Gasteiger partial charge in [-0.3, -0.25) is 9.59 Å². The number of hydrogen-bond acceptors (Lipinski definition) is 5. The summed E-state index contributed by atoms with van der Waals surface area (Å²) in [4.78, 5) is 29.9. The zero-order valence-electron chi connectivity index (χ0n) is 18.5. The lowest BCUT2D eigenvalue weighted by Gasteiger charge is -2.43. The van der Waals surface area contributed by atoms with Crippen molar-refractivity contribution in [2.75, 3.05) is 32.8 Å². The van der Waals surface area contributed by atoms with Crippen LogP contribution in [-0.2, 0) is 4.79 Å². The lowest BCUT2D eigenvalue weighted by Crippen LogP contribution is -2.51. The van der Waals surface area contributed by atoms with Gasteiger partial charge in [-0.1, -0.05) is 5.16 Å². The third-order valence-electron chi connectivity index (χ3n) is 6.39. The topological polar surface area (TPSA) is 75.9 Å². The molecule has 4 rings (SSSR count). The molecule has 1 atom stereocenters. The van der Waals surface area contributed by atoms with Crippen molar-refractivity contribution >= 4 is 11.8 Å². The first-order valence-corrected chi connectivity index (χ1v) is 11.3. The second kappa shape index (κ2) is 9.71. The van der Waals surface area contributed by atoms with Gasteiger partial charge in [0, 0.05) is 44.1 Å². The van der Waals surface area contributed by atoms with Crippen LogP contribution >= 0.6 is 0 Å². The van der Waals surface area contributed by atoms with Crippen LogP contribution in [0.15, 0.2) is 34.9 Å². The van der Waals surface area contributed by atoms with Crippen molar-refractivity contribution in [3.05, 3.63) is 47.6 Å². The highest BCUT2D eigenvalue weighted by Crippen LogP contribution is 2.36. The van der Waals surface area contributed by atoms with Crippen LogP contribution < -0.4 is 4.74 Å². The number of aromatic nitrogens is 1. The number of amides is 2. The molecule has 2 saturated heterocycles. The van der Waals surface area contributed by atoms with Crippen LogP contribution in [0.5, 0.6) is 5.75 Å². The monoisotopic (exact) mass is 443 g/mol.